The van der Waals surface area contributed by atoms with E-state index in [1.807, 2.05) is 39.2 Å². The highest BCUT2D eigenvalue weighted by Gasteiger charge is 2.27. The van der Waals surface area contributed by atoms with Crippen molar-refractivity contribution in [2.24, 2.45) is 0 Å². The Kier molecular flexibility index (Phi) is 8.49. The van der Waals surface area contributed by atoms with Gasteiger partial charge in [-0.3, -0.25) is 4.90 Å². The monoisotopic (exact) mass is 426 g/mol. The van der Waals surface area contributed by atoms with Crippen LogP contribution in [0.5, 0.6) is 5.75 Å². The molecular weight excluding hydrogens is 388 g/mol. The Balaban J connectivity index is 0.00000132. The molecule has 0 bridgehead atoms. The van der Waals surface area contributed by atoms with Crippen molar-refractivity contribution in [1.29, 1.82) is 0 Å². The molecule has 7 heteroatoms. The Morgan fingerprint density at radius 3 is 2.23 bits per heavy atom. The first-order chi connectivity index (χ1) is 15.1. The summed E-state index contributed by atoms with van der Waals surface area (Å²) in [7, 11) is 3.96. The molecule has 2 aliphatic rings. The van der Waals surface area contributed by atoms with Crippen LogP contribution in [0.2, 0.25) is 0 Å². The van der Waals surface area contributed by atoms with Crippen molar-refractivity contribution in [3.63, 3.8) is 0 Å². The number of ether oxygens (including phenoxy) is 1. The topological polar surface area (TPSA) is 56.8 Å². The van der Waals surface area contributed by atoms with Gasteiger partial charge in [0.2, 0.25) is 5.95 Å². The molecule has 0 radical (unpaired) electrons. The van der Waals surface area contributed by atoms with Crippen LogP contribution < -0.4 is 15.0 Å². The molecule has 0 spiro atoms. The molecule has 7 nitrogen and oxygen atoms in total. The predicted octanol–water partition coefficient (Wildman–Crippen LogP) is 3.78. The third-order valence-corrected chi connectivity index (χ3v) is 6.08. The molecule has 0 saturated carbocycles. The molecule has 0 unspecified atom stereocenters. The molecule has 4 rings (SSSR count). The number of aryl methyl sites for hydroxylation is 1. The first kappa shape index (κ1) is 23.3. The van der Waals surface area contributed by atoms with Crippen LogP contribution in [0.1, 0.15) is 32.3 Å². The number of likely N-dealkylation sites (N-methyl/N-ethyl adjacent to an activating group) is 1. The number of nitrogens with one attached hydrogen (secondary N) is 1. The van der Waals surface area contributed by atoms with Crippen molar-refractivity contribution in [1.82, 2.24) is 19.8 Å². The summed E-state index contributed by atoms with van der Waals surface area (Å²) >= 11 is 0. The second-order valence-electron chi connectivity index (χ2n) is 8.15. The molecule has 3 heterocycles. The Labute approximate surface area is 187 Å². The van der Waals surface area contributed by atoms with Crippen LogP contribution in [0.15, 0.2) is 30.6 Å². The number of piperidine rings is 1. The standard InChI is InChI=1S/C22H32N6O.C2H6/c1-17-15-23-22(24-16-17)25-18-4-5-20(21(14-18)29-3)28-8-6-19(7-9-28)27-12-10-26(2)11-13-27;1-2/h4-5,14-16,19H,6-13H2,1-3H3,(H,23,24,25);1-2H3. The number of hydrogen-bond acceptors (Lipinski definition) is 7. The molecule has 1 N–H and O–H groups in total. The van der Waals surface area contributed by atoms with E-state index in [4.69, 9.17) is 4.74 Å². The maximum atomic E-state index is 5.71. The summed E-state index contributed by atoms with van der Waals surface area (Å²) in [6, 6.07) is 6.97. The van der Waals surface area contributed by atoms with Crippen molar-refractivity contribution in [3.8, 4) is 5.75 Å². The van der Waals surface area contributed by atoms with E-state index in [0.717, 1.165) is 30.1 Å². The van der Waals surface area contributed by atoms with Gasteiger partial charge in [0, 0.05) is 69.5 Å². The van der Waals surface area contributed by atoms with Crippen LogP contribution in [-0.2, 0) is 0 Å². The Morgan fingerprint density at radius 1 is 0.968 bits per heavy atom. The van der Waals surface area contributed by atoms with Crippen LogP contribution in [0.3, 0.4) is 0 Å². The summed E-state index contributed by atoms with van der Waals surface area (Å²) in [6.07, 6.45) is 6.05. The number of rotatable bonds is 5. The number of anilines is 3. The number of aromatic nitrogens is 2. The number of methoxy groups -OCH3 is 1. The van der Waals surface area contributed by atoms with Crippen LogP contribution in [0.25, 0.3) is 0 Å². The van der Waals surface area contributed by atoms with Crippen molar-refractivity contribution < 1.29 is 4.74 Å². The van der Waals surface area contributed by atoms with Crippen LogP contribution in [-0.4, -0.2) is 79.2 Å². The largest absolute Gasteiger partial charge is 0.495 e. The first-order valence-electron chi connectivity index (χ1n) is 11.5. The lowest BCUT2D eigenvalue weighted by atomic mass is 10.0. The third kappa shape index (κ3) is 6.08. The van der Waals surface area contributed by atoms with E-state index in [-0.39, 0.29) is 0 Å². The SMILES string of the molecule is CC.COc1cc(Nc2ncc(C)cn2)ccc1N1CCC(N2CCN(C)CC2)CC1. The molecule has 170 valence electrons. The van der Waals surface area contributed by atoms with Crippen molar-refractivity contribution in [2.75, 3.05) is 63.6 Å². The molecule has 2 saturated heterocycles. The Morgan fingerprint density at radius 2 is 1.61 bits per heavy atom. The highest BCUT2D eigenvalue weighted by atomic mass is 16.5. The fourth-order valence-corrected chi connectivity index (χ4v) is 4.26. The third-order valence-electron chi connectivity index (χ3n) is 6.08. The number of piperazine rings is 1. The quantitative estimate of drug-likeness (QED) is 0.781. The van der Waals surface area contributed by atoms with Crippen molar-refractivity contribution >= 4 is 17.3 Å². The van der Waals surface area contributed by atoms with E-state index in [0.29, 0.717) is 12.0 Å². The minimum Gasteiger partial charge on any atom is -0.495 e. The van der Waals surface area contributed by atoms with E-state index in [1.165, 1.54) is 44.7 Å². The van der Waals surface area contributed by atoms with Gasteiger partial charge in [0.25, 0.3) is 0 Å². The maximum Gasteiger partial charge on any atom is 0.227 e. The van der Waals surface area contributed by atoms with E-state index in [9.17, 15) is 0 Å². The fourth-order valence-electron chi connectivity index (χ4n) is 4.26. The molecule has 0 atom stereocenters. The molecule has 0 aliphatic carbocycles. The van der Waals surface area contributed by atoms with Gasteiger partial charge in [0.1, 0.15) is 5.75 Å². The Bertz CT molecular complexity index is 796. The van der Waals surface area contributed by atoms with E-state index in [2.05, 4.69) is 49.2 Å². The van der Waals surface area contributed by atoms with Crippen LogP contribution in [0, 0.1) is 6.92 Å². The maximum absolute atomic E-state index is 5.71. The first-order valence-corrected chi connectivity index (χ1v) is 11.5. The molecule has 0 amide bonds. The smallest absolute Gasteiger partial charge is 0.227 e. The lowest BCUT2D eigenvalue weighted by Gasteiger charge is -2.42. The van der Waals surface area contributed by atoms with Crippen LogP contribution >= 0.6 is 0 Å². The summed E-state index contributed by atoms with van der Waals surface area (Å²) in [4.78, 5) is 16.2. The highest BCUT2D eigenvalue weighted by Crippen LogP contribution is 2.34. The van der Waals surface area contributed by atoms with Gasteiger partial charge in [0.05, 0.1) is 12.8 Å². The molecule has 31 heavy (non-hydrogen) atoms. The second kappa shape index (κ2) is 11.3. The van der Waals surface area contributed by atoms with Gasteiger partial charge >= 0.3 is 0 Å². The van der Waals surface area contributed by atoms with E-state index in [1.54, 1.807) is 7.11 Å². The molecular formula is C24H38N6O. The van der Waals surface area contributed by atoms with E-state index < -0.39 is 0 Å². The average Bonchev–Trinajstić information content (AvgIpc) is 2.82. The summed E-state index contributed by atoms with van der Waals surface area (Å²) in [5, 5.41) is 3.26. The lowest BCUT2D eigenvalue weighted by molar-refractivity contribution is 0.0981. The summed E-state index contributed by atoms with van der Waals surface area (Å²) < 4.78 is 5.71. The lowest BCUT2D eigenvalue weighted by Crippen LogP contribution is -2.52. The van der Waals surface area contributed by atoms with Gasteiger partial charge in [-0.1, -0.05) is 13.8 Å². The van der Waals surface area contributed by atoms with Gasteiger partial charge < -0.3 is 19.9 Å². The number of hydrogen-bond donors (Lipinski definition) is 1. The van der Waals surface area contributed by atoms with Gasteiger partial charge in [-0.2, -0.15) is 0 Å². The number of nitrogens with zero attached hydrogens (tertiary/aromatic N) is 5. The molecule has 1 aromatic heterocycles. The molecule has 2 fully saturated rings. The summed E-state index contributed by atoms with van der Waals surface area (Å²) in [5.41, 5.74) is 3.14. The summed E-state index contributed by atoms with van der Waals surface area (Å²) in [6.45, 7) is 12.9. The zero-order valence-electron chi connectivity index (χ0n) is 19.8. The fraction of sp³-hybridized carbons (Fsp3) is 0.583. The van der Waals surface area contributed by atoms with Gasteiger partial charge in [-0.15, -0.1) is 0 Å². The second-order valence-corrected chi connectivity index (χ2v) is 8.15. The molecule has 1 aromatic carbocycles. The molecule has 2 aliphatic heterocycles. The average molecular weight is 427 g/mol. The summed E-state index contributed by atoms with van der Waals surface area (Å²) in [5.74, 6) is 1.48. The highest BCUT2D eigenvalue weighted by molar-refractivity contribution is 5.67. The zero-order chi connectivity index (χ0) is 22.2. The minimum atomic E-state index is 0.596. The van der Waals surface area contributed by atoms with Gasteiger partial charge in [-0.05, 0) is 44.5 Å². The van der Waals surface area contributed by atoms with E-state index >= 15 is 0 Å². The zero-order valence-corrected chi connectivity index (χ0v) is 19.8. The predicted molar refractivity (Wildman–Crippen MR) is 129 cm³/mol. The minimum absolute atomic E-state index is 0.596. The normalized spacial score (nSPS) is 18.3. The van der Waals surface area contributed by atoms with Crippen molar-refractivity contribution in [2.45, 2.75) is 39.7 Å². The van der Waals surface area contributed by atoms with Crippen molar-refractivity contribution in [3.05, 3.63) is 36.2 Å². The number of benzene rings is 1. The van der Waals surface area contributed by atoms with Crippen LogP contribution in [0.4, 0.5) is 17.3 Å². The Hall–Kier alpha value is -2.38. The van der Waals surface area contributed by atoms with Gasteiger partial charge in [-0.25, -0.2) is 9.97 Å². The van der Waals surface area contributed by atoms with Gasteiger partial charge in [0.15, 0.2) is 0 Å². The molecule has 2 aromatic rings.